The van der Waals surface area contributed by atoms with Crippen molar-refractivity contribution in [2.24, 2.45) is 0 Å². The normalized spacial score (nSPS) is 16.8. The molecule has 1 fully saturated rings. The lowest BCUT2D eigenvalue weighted by molar-refractivity contribution is -0.131. The van der Waals surface area contributed by atoms with Gasteiger partial charge in [0.15, 0.2) is 11.6 Å². The molecular formula is C22H32N6O2. The van der Waals surface area contributed by atoms with Crippen molar-refractivity contribution in [3.63, 3.8) is 0 Å². The number of carbonyl (C=O) groups is 1. The lowest BCUT2D eigenvalue weighted by Crippen LogP contribution is -2.26. The van der Waals surface area contributed by atoms with E-state index < -0.39 is 5.97 Å². The third-order valence-corrected chi connectivity index (χ3v) is 5.66. The number of rotatable bonds is 10. The Balaban J connectivity index is 1.67. The zero-order valence-electron chi connectivity index (χ0n) is 18.0. The van der Waals surface area contributed by atoms with Gasteiger partial charge >= 0.3 is 5.97 Å². The summed E-state index contributed by atoms with van der Waals surface area (Å²) in [5.74, 6) is 0.968. The van der Waals surface area contributed by atoms with Gasteiger partial charge in [-0.05, 0) is 43.4 Å². The molecule has 0 aliphatic carbocycles. The fourth-order valence-corrected chi connectivity index (χ4v) is 4.20. The van der Waals surface area contributed by atoms with E-state index in [1.807, 2.05) is 21.1 Å². The molecule has 1 atom stereocenters. The van der Waals surface area contributed by atoms with E-state index in [0.29, 0.717) is 12.5 Å². The maximum atomic E-state index is 10.6. The third-order valence-electron chi connectivity index (χ3n) is 5.66. The monoisotopic (exact) mass is 412 g/mol. The molecule has 0 spiro atoms. The molecular weight excluding hydrogens is 380 g/mol. The van der Waals surface area contributed by atoms with E-state index in [-0.39, 0.29) is 0 Å². The Hall–Kier alpha value is -3.00. The number of hydrogen-bond donors (Lipinski definition) is 4. The van der Waals surface area contributed by atoms with Crippen molar-refractivity contribution in [1.82, 2.24) is 14.8 Å². The van der Waals surface area contributed by atoms with Crippen LogP contribution >= 0.6 is 0 Å². The average Bonchev–Trinajstić information content (AvgIpc) is 3.36. The fraction of sp³-hybridized carbons (Fsp3) is 0.455. The van der Waals surface area contributed by atoms with Crippen LogP contribution < -0.4 is 16.1 Å². The van der Waals surface area contributed by atoms with Crippen LogP contribution in [0, 0.1) is 0 Å². The zero-order chi connectivity index (χ0) is 21.5. The van der Waals surface area contributed by atoms with E-state index >= 15 is 0 Å². The van der Waals surface area contributed by atoms with Crippen molar-refractivity contribution in [1.29, 1.82) is 0 Å². The van der Waals surface area contributed by atoms with Crippen LogP contribution in [0.3, 0.4) is 0 Å². The van der Waals surface area contributed by atoms with E-state index in [1.165, 1.54) is 23.6 Å². The van der Waals surface area contributed by atoms with Gasteiger partial charge in [0, 0.05) is 45.4 Å². The van der Waals surface area contributed by atoms with Gasteiger partial charge in [-0.1, -0.05) is 30.3 Å². The number of allylic oxidation sites excluding steroid dienone is 1. The predicted molar refractivity (Wildman–Crippen MR) is 121 cm³/mol. The summed E-state index contributed by atoms with van der Waals surface area (Å²) in [4.78, 5) is 14.9. The second-order valence-electron chi connectivity index (χ2n) is 7.44. The Morgan fingerprint density at radius 1 is 1.23 bits per heavy atom. The minimum absolute atomic E-state index is 0.420. The first-order valence-corrected chi connectivity index (χ1v) is 10.4. The van der Waals surface area contributed by atoms with E-state index in [4.69, 9.17) is 5.11 Å². The van der Waals surface area contributed by atoms with Gasteiger partial charge in [-0.2, -0.15) is 4.79 Å². The smallest absolute Gasteiger partial charge is 0.327 e. The Bertz CT molecular complexity index is 874. The molecule has 2 aromatic rings. The molecule has 8 heteroatoms. The molecule has 1 aromatic carbocycles. The summed E-state index contributed by atoms with van der Waals surface area (Å²) >= 11 is 0. The van der Waals surface area contributed by atoms with Crippen molar-refractivity contribution in [3.05, 3.63) is 53.1 Å². The Kier molecular flexibility index (Phi) is 7.35. The Morgan fingerprint density at radius 3 is 2.63 bits per heavy atom. The summed E-state index contributed by atoms with van der Waals surface area (Å²) in [7, 11) is 5.67. The van der Waals surface area contributed by atoms with E-state index in [0.717, 1.165) is 43.1 Å². The van der Waals surface area contributed by atoms with Crippen molar-refractivity contribution < 1.29 is 9.90 Å². The number of benzene rings is 1. The maximum Gasteiger partial charge on any atom is 0.327 e. The predicted octanol–water partition coefficient (Wildman–Crippen LogP) is 2.70. The van der Waals surface area contributed by atoms with Gasteiger partial charge in [-0.3, -0.25) is 4.90 Å². The highest BCUT2D eigenvalue weighted by Crippen LogP contribution is 2.33. The standard InChI is InChI=1S/C22H32N6O2/c1-23-21-18(22(24-2)28(25-3)26-21)13-15-27-14-5-7-19(27)17-11-9-16(10-12-17)6-4-8-20(29)30/h4,8-12,19,24-25H,5-7,13-15H2,1-3H3,(H,23,26)(H,29,30)/b8-4+/t19-/m0/s1. The molecule has 1 aromatic heterocycles. The molecule has 1 aliphatic heterocycles. The molecule has 0 amide bonds. The van der Waals surface area contributed by atoms with E-state index in [1.54, 1.807) is 10.9 Å². The zero-order valence-corrected chi connectivity index (χ0v) is 18.0. The second kappa shape index (κ2) is 10.2. The van der Waals surface area contributed by atoms with Crippen LogP contribution in [0.25, 0.3) is 0 Å². The molecule has 1 aliphatic rings. The number of aliphatic carboxylic acids is 1. The summed E-state index contributed by atoms with van der Waals surface area (Å²) in [5.41, 5.74) is 6.71. The van der Waals surface area contributed by atoms with Crippen LogP contribution in [0.2, 0.25) is 0 Å². The number of carboxylic acid groups (broad SMARTS) is 1. The Morgan fingerprint density at radius 2 is 2.00 bits per heavy atom. The van der Waals surface area contributed by atoms with Crippen LogP contribution in [0.4, 0.5) is 11.6 Å². The number of aromatic nitrogens is 2. The fourth-order valence-electron chi connectivity index (χ4n) is 4.20. The summed E-state index contributed by atoms with van der Waals surface area (Å²) < 4.78 is 0. The van der Waals surface area contributed by atoms with Gasteiger partial charge in [0.1, 0.15) is 0 Å². The summed E-state index contributed by atoms with van der Waals surface area (Å²) in [6.45, 7) is 2.06. The minimum Gasteiger partial charge on any atom is -0.478 e. The number of anilines is 2. The maximum absolute atomic E-state index is 10.6. The number of hydrogen-bond acceptors (Lipinski definition) is 6. The van der Waals surface area contributed by atoms with Crippen molar-refractivity contribution in [2.75, 3.05) is 50.3 Å². The first-order valence-electron chi connectivity index (χ1n) is 10.4. The molecule has 2 heterocycles. The van der Waals surface area contributed by atoms with Gasteiger partial charge < -0.3 is 21.2 Å². The minimum atomic E-state index is -0.906. The van der Waals surface area contributed by atoms with Crippen LogP contribution in [0.1, 0.15) is 35.6 Å². The number of likely N-dealkylation sites (tertiary alicyclic amines) is 1. The summed E-state index contributed by atoms with van der Waals surface area (Å²) in [5, 5.41) is 19.7. The molecule has 162 valence electrons. The van der Waals surface area contributed by atoms with E-state index in [9.17, 15) is 4.79 Å². The average molecular weight is 413 g/mol. The molecule has 1 saturated heterocycles. The lowest BCUT2D eigenvalue weighted by Gasteiger charge is -2.25. The quantitative estimate of drug-likeness (QED) is 0.446. The first-order chi connectivity index (χ1) is 14.6. The summed E-state index contributed by atoms with van der Waals surface area (Å²) in [6, 6.07) is 9.00. The first kappa shape index (κ1) is 21.7. The highest BCUT2D eigenvalue weighted by Gasteiger charge is 2.26. The van der Waals surface area contributed by atoms with Crippen molar-refractivity contribution in [3.8, 4) is 0 Å². The number of carboxylic acids is 1. The highest BCUT2D eigenvalue weighted by molar-refractivity contribution is 5.79. The van der Waals surface area contributed by atoms with Crippen LogP contribution in [0.15, 0.2) is 36.4 Å². The molecule has 8 nitrogen and oxygen atoms in total. The van der Waals surface area contributed by atoms with Crippen LogP contribution in [-0.2, 0) is 17.6 Å². The largest absolute Gasteiger partial charge is 0.478 e. The number of nitrogens with one attached hydrogen (secondary N) is 3. The second-order valence-corrected chi connectivity index (χ2v) is 7.44. The van der Waals surface area contributed by atoms with Crippen LogP contribution in [-0.4, -0.2) is 60.1 Å². The van der Waals surface area contributed by atoms with Crippen LogP contribution in [0.5, 0.6) is 0 Å². The molecule has 0 saturated carbocycles. The molecule has 30 heavy (non-hydrogen) atoms. The van der Waals surface area contributed by atoms with Gasteiger partial charge in [0.2, 0.25) is 0 Å². The Labute approximate surface area is 177 Å². The van der Waals surface area contributed by atoms with Crippen molar-refractivity contribution >= 4 is 17.6 Å². The summed E-state index contributed by atoms with van der Waals surface area (Å²) in [6.07, 6.45) is 6.77. The van der Waals surface area contributed by atoms with Gasteiger partial charge in [-0.15, -0.1) is 5.10 Å². The SMILES string of the molecule is CNc1nn(NC)c(NC)c1CCN1CCC[C@H]1c1ccc(C/C=C/C(=O)O)cc1. The van der Waals surface area contributed by atoms with Gasteiger partial charge in [0.05, 0.1) is 0 Å². The molecule has 3 rings (SSSR count). The third kappa shape index (κ3) is 4.94. The van der Waals surface area contributed by atoms with E-state index in [2.05, 4.69) is 50.3 Å². The van der Waals surface area contributed by atoms with Gasteiger partial charge in [-0.25, -0.2) is 4.79 Å². The molecule has 0 unspecified atom stereocenters. The van der Waals surface area contributed by atoms with Gasteiger partial charge in [0.25, 0.3) is 0 Å². The molecule has 4 N–H and O–H groups in total. The molecule has 0 bridgehead atoms. The number of nitrogens with zero attached hydrogens (tertiary/aromatic N) is 3. The molecule has 0 radical (unpaired) electrons. The topological polar surface area (TPSA) is 94.5 Å². The van der Waals surface area contributed by atoms with Crippen molar-refractivity contribution in [2.45, 2.75) is 31.7 Å². The lowest BCUT2D eigenvalue weighted by atomic mass is 10.0. The highest BCUT2D eigenvalue weighted by atomic mass is 16.4.